The summed E-state index contributed by atoms with van der Waals surface area (Å²) in [5.74, 6) is -3.38. The molecule has 1 fully saturated rings. The van der Waals surface area contributed by atoms with Crippen LogP contribution in [0.2, 0.25) is 0 Å². The van der Waals surface area contributed by atoms with Crippen molar-refractivity contribution in [2.75, 3.05) is 27.0 Å². The van der Waals surface area contributed by atoms with Gasteiger partial charge >= 0.3 is 7.60 Å². The van der Waals surface area contributed by atoms with E-state index in [1.165, 1.54) is 32.2 Å². The van der Waals surface area contributed by atoms with Gasteiger partial charge < -0.3 is 70.1 Å². The van der Waals surface area contributed by atoms with E-state index in [-0.39, 0.29) is 34.4 Å². The highest BCUT2D eigenvalue weighted by molar-refractivity contribution is 7.74. The number of aliphatic hydroxyl groups excluding tert-OH is 2. The van der Waals surface area contributed by atoms with Gasteiger partial charge in [0.1, 0.15) is 28.6 Å². The number of rotatable bonds is 10. The summed E-state index contributed by atoms with van der Waals surface area (Å²) in [5, 5.41) is 66.2. The summed E-state index contributed by atoms with van der Waals surface area (Å²) in [7, 11) is -9.47. The lowest BCUT2D eigenvalue weighted by atomic mass is 9.71. The molecule has 0 saturated carbocycles. The van der Waals surface area contributed by atoms with Crippen LogP contribution in [0.4, 0.5) is 0 Å². The summed E-state index contributed by atoms with van der Waals surface area (Å²) >= 11 is 0. The van der Waals surface area contributed by atoms with Crippen LogP contribution in [0.25, 0.3) is 0 Å². The summed E-state index contributed by atoms with van der Waals surface area (Å²) in [6.07, 6.45) is -6.23. The number of fused-ring (bicyclic) bond motifs is 3. The molecule has 21 heteroatoms. The van der Waals surface area contributed by atoms with Crippen molar-refractivity contribution in [3.63, 3.8) is 0 Å². The zero-order valence-electron chi connectivity index (χ0n) is 27.4. The molecule has 19 nitrogen and oxygen atoms in total. The fourth-order valence-electron chi connectivity index (χ4n) is 6.51. The van der Waals surface area contributed by atoms with Gasteiger partial charge in [-0.2, -0.15) is 0 Å². The van der Waals surface area contributed by atoms with Crippen LogP contribution < -0.4 is 10.5 Å². The van der Waals surface area contributed by atoms with Gasteiger partial charge in [-0.1, -0.05) is 17.3 Å². The minimum absolute atomic E-state index is 0.0162. The molecule has 0 radical (unpaired) electrons. The van der Waals surface area contributed by atoms with Gasteiger partial charge in [0.05, 0.1) is 48.7 Å². The summed E-state index contributed by atoms with van der Waals surface area (Å²) in [6.45, 7) is -0.750. The Kier molecular flexibility index (Phi) is 10.4. The number of ketones is 2. The topological polar surface area (TPSA) is 326 Å². The van der Waals surface area contributed by atoms with Gasteiger partial charge in [-0.05, 0) is 13.0 Å². The average molecular weight is 761 g/mol. The van der Waals surface area contributed by atoms with Crippen molar-refractivity contribution in [1.29, 1.82) is 0 Å². The Hall–Kier alpha value is -3.29. The number of phenols is 2. The van der Waals surface area contributed by atoms with Gasteiger partial charge in [-0.25, -0.2) is 0 Å². The number of oxime groups is 1. The Balaban J connectivity index is 1.64. The van der Waals surface area contributed by atoms with Gasteiger partial charge in [-0.15, -0.1) is 0 Å². The fraction of sp³-hybridized carbons (Fsp3) is 0.500. The van der Waals surface area contributed by atoms with Crippen LogP contribution in [0.1, 0.15) is 68.8 Å². The number of benzene rings is 2. The molecule has 11 N–H and O–H groups in total. The Labute approximate surface area is 289 Å². The second kappa shape index (κ2) is 13.6. The Bertz CT molecular complexity index is 1860. The predicted molar refractivity (Wildman–Crippen MR) is 173 cm³/mol. The molecule has 1 heterocycles. The molecule has 0 spiro atoms. The van der Waals surface area contributed by atoms with Crippen LogP contribution in [0.5, 0.6) is 17.2 Å². The quantitative estimate of drug-likeness (QED) is 0.0540. The standard InChI is InChI=1S/C30H38N2O17P2/c1-12-24(34)15(31)7-19(48-12)49-17-9-29(39,18(10-33)32-47-11-30(40,50(3,41)42)51(43,44)45)8-14-21(17)28(38)23-22(26(14)36)25(35)13-5-4-6-16(46-2)20(13)27(23)37/h4-6,12,15,17,19,24,33-34,36,38-40H,7-11,31H2,1-3H3,(H,41,42)(H2,43,44,45)/b32-18+/t12-,15-,17-,19-,24+,29-,30?/m0/s1. The number of methoxy groups -OCH3 is 1. The van der Waals surface area contributed by atoms with Crippen molar-refractivity contribution in [3.8, 4) is 17.2 Å². The van der Waals surface area contributed by atoms with Gasteiger partial charge in [0.15, 0.2) is 18.7 Å². The molecule has 0 aromatic heterocycles. The van der Waals surface area contributed by atoms with E-state index in [0.29, 0.717) is 6.66 Å². The number of nitrogens with zero attached hydrogens (tertiary/aromatic N) is 1. The van der Waals surface area contributed by atoms with Crippen molar-refractivity contribution in [2.24, 2.45) is 10.9 Å². The second-order valence-corrected chi connectivity index (χ2v) is 17.4. The minimum Gasteiger partial charge on any atom is -0.507 e. The molecule has 0 bridgehead atoms. The maximum Gasteiger partial charge on any atom is 0.370 e. The normalized spacial score (nSPS) is 28.9. The molecule has 1 saturated heterocycles. The number of carbonyl (C=O) groups is 2. The number of hydrogen-bond donors (Lipinski definition) is 10. The molecule has 5 rings (SSSR count). The highest BCUT2D eigenvalue weighted by atomic mass is 31.2. The molecular weight excluding hydrogens is 722 g/mol. The molecule has 51 heavy (non-hydrogen) atoms. The average Bonchev–Trinajstić information content (AvgIpc) is 3.04. The summed E-state index contributed by atoms with van der Waals surface area (Å²) in [5.41, 5.74) is 0.786. The van der Waals surface area contributed by atoms with Crippen LogP contribution in [-0.2, 0) is 29.9 Å². The zero-order valence-corrected chi connectivity index (χ0v) is 29.2. The first-order chi connectivity index (χ1) is 23.6. The van der Waals surface area contributed by atoms with E-state index in [9.17, 15) is 64.0 Å². The van der Waals surface area contributed by atoms with Crippen molar-refractivity contribution in [2.45, 2.75) is 67.5 Å². The van der Waals surface area contributed by atoms with E-state index in [0.717, 1.165) is 0 Å². The summed E-state index contributed by atoms with van der Waals surface area (Å²) in [4.78, 5) is 61.5. The molecule has 0 amide bonds. The molecule has 2 aromatic carbocycles. The van der Waals surface area contributed by atoms with Gasteiger partial charge in [-0.3, -0.25) is 18.7 Å². The summed E-state index contributed by atoms with van der Waals surface area (Å²) < 4.78 is 41.3. The number of aromatic hydroxyl groups is 2. The lowest BCUT2D eigenvalue weighted by molar-refractivity contribution is -0.245. The SMILES string of the molecule is COc1cccc2c1C(=O)c1c(O)c3c(c(O)c1C2=O)C[C@@](O)(/C(CO)=N/OCC(O)(P(C)(=O)O)P(=O)(O)O)C[C@@H]3O[C@H]1C[C@H](N)[C@H](O)[C@H](C)O1. The van der Waals surface area contributed by atoms with E-state index < -0.39 is 122 Å². The summed E-state index contributed by atoms with van der Waals surface area (Å²) in [6, 6.07) is 3.32. The van der Waals surface area contributed by atoms with Crippen molar-refractivity contribution in [3.05, 3.63) is 51.6 Å². The van der Waals surface area contributed by atoms with Crippen LogP contribution in [0.15, 0.2) is 23.4 Å². The molecule has 2 aromatic rings. The fourth-order valence-corrected chi connectivity index (χ4v) is 8.97. The largest absolute Gasteiger partial charge is 0.507 e. The number of aliphatic hydroxyl groups is 4. The third-order valence-electron chi connectivity index (χ3n) is 9.39. The molecule has 8 atom stereocenters. The zero-order chi connectivity index (χ0) is 38.0. The Morgan fingerprint density at radius 2 is 1.76 bits per heavy atom. The highest BCUT2D eigenvalue weighted by Gasteiger charge is 2.58. The predicted octanol–water partition coefficient (Wildman–Crippen LogP) is -0.471. The lowest BCUT2D eigenvalue weighted by Crippen LogP contribution is -2.53. The molecular formula is C30H38N2O17P2. The number of ether oxygens (including phenoxy) is 3. The van der Waals surface area contributed by atoms with Crippen molar-refractivity contribution < 1.29 is 83.1 Å². The molecule has 280 valence electrons. The van der Waals surface area contributed by atoms with Gasteiger partial charge in [0.25, 0.3) is 5.08 Å². The number of hydrogen-bond acceptors (Lipinski definition) is 16. The first kappa shape index (κ1) is 38.9. The molecule has 2 aliphatic carbocycles. The van der Waals surface area contributed by atoms with E-state index in [2.05, 4.69) is 5.16 Å². The number of phenolic OH excluding ortho intramolecular Hbond substituents is 2. The number of nitrogens with two attached hydrogens (primary N) is 1. The maximum atomic E-state index is 13.9. The monoisotopic (exact) mass is 760 g/mol. The van der Waals surface area contributed by atoms with E-state index in [1.807, 2.05) is 0 Å². The third-order valence-corrected chi connectivity index (χ3v) is 13.8. The van der Waals surface area contributed by atoms with Crippen LogP contribution >= 0.6 is 15.0 Å². The Morgan fingerprint density at radius 3 is 2.33 bits per heavy atom. The van der Waals surface area contributed by atoms with Crippen LogP contribution in [-0.4, -0.2) is 125 Å². The maximum absolute atomic E-state index is 13.9. The van der Waals surface area contributed by atoms with Crippen LogP contribution in [0.3, 0.4) is 0 Å². The Morgan fingerprint density at radius 1 is 1.12 bits per heavy atom. The van der Waals surface area contributed by atoms with E-state index >= 15 is 0 Å². The first-order valence-electron chi connectivity index (χ1n) is 15.3. The number of carbonyl (C=O) groups excluding carboxylic acids is 2. The third kappa shape index (κ3) is 6.52. The second-order valence-electron chi connectivity index (χ2n) is 12.7. The minimum atomic E-state index is -5.75. The first-order valence-corrected chi connectivity index (χ1v) is 19.1. The van der Waals surface area contributed by atoms with Crippen LogP contribution in [0, 0.1) is 0 Å². The van der Waals surface area contributed by atoms with E-state index in [4.69, 9.17) is 24.8 Å². The smallest absolute Gasteiger partial charge is 0.370 e. The molecule has 1 aliphatic heterocycles. The molecule has 3 aliphatic rings. The van der Waals surface area contributed by atoms with Crippen molar-refractivity contribution in [1.82, 2.24) is 0 Å². The van der Waals surface area contributed by atoms with E-state index in [1.54, 1.807) is 0 Å². The lowest BCUT2D eigenvalue weighted by Gasteiger charge is -2.42. The van der Waals surface area contributed by atoms with Gasteiger partial charge in [0, 0.05) is 48.7 Å². The van der Waals surface area contributed by atoms with Gasteiger partial charge in [0.2, 0.25) is 13.2 Å². The highest BCUT2D eigenvalue weighted by Crippen LogP contribution is 2.67. The van der Waals surface area contributed by atoms with Crippen molar-refractivity contribution >= 4 is 32.2 Å². The molecule has 2 unspecified atom stereocenters.